The molecule has 1 fully saturated rings. The highest BCUT2D eigenvalue weighted by Gasteiger charge is 2.35. The molecule has 1 saturated carbocycles. The molecule has 0 aliphatic heterocycles. The summed E-state index contributed by atoms with van der Waals surface area (Å²) in [6.07, 6.45) is -2.49. The molecule has 6 nitrogen and oxygen atoms in total. The monoisotopic (exact) mass is 251 g/mol. The molecule has 17 heavy (non-hydrogen) atoms. The maximum absolute atomic E-state index is 12.8. The molecule has 98 valence electrons. The normalized spacial score (nSPS) is 19.4. The molecule has 0 bridgehead atoms. The molecule has 1 rings (SSSR count). The van der Waals surface area contributed by atoms with Crippen molar-refractivity contribution in [1.29, 1.82) is 0 Å². The van der Waals surface area contributed by atoms with Crippen LogP contribution in [0.25, 0.3) is 0 Å². The first-order chi connectivity index (χ1) is 7.89. The maximum Gasteiger partial charge on any atom is 0.425 e. The first-order valence-corrected chi connectivity index (χ1v) is 5.16. The number of hydrazine groups is 1. The fourth-order valence-corrected chi connectivity index (χ4v) is 1.60. The fourth-order valence-electron chi connectivity index (χ4n) is 1.60. The van der Waals surface area contributed by atoms with Crippen LogP contribution < -0.4 is 16.0 Å². The molecule has 0 atom stereocenters. The molecule has 0 heterocycles. The smallest absolute Gasteiger partial charge is 0.425 e. The van der Waals surface area contributed by atoms with Crippen molar-refractivity contribution in [2.24, 2.45) is 5.92 Å². The van der Waals surface area contributed by atoms with Crippen LogP contribution in [0, 0.1) is 5.92 Å². The van der Waals surface area contributed by atoms with Crippen molar-refractivity contribution in [3.8, 4) is 0 Å². The van der Waals surface area contributed by atoms with Gasteiger partial charge in [-0.3, -0.25) is 5.43 Å². The minimum absolute atomic E-state index is 0.00333. The van der Waals surface area contributed by atoms with Crippen LogP contribution in [0.4, 0.5) is 18.4 Å². The van der Waals surface area contributed by atoms with Crippen LogP contribution in [-0.4, -0.2) is 24.7 Å². The molecule has 0 unspecified atom stereocenters. The van der Waals surface area contributed by atoms with Crippen LogP contribution in [0.3, 0.4) is 0 Å². The third-order valence-electron chi connectivity index (χ3n) is 2.55. The summed E-state index contributed by atoms with van der Waals surface area (Å²) in [4.78, 5) is 20.8. The van der Waals surface area contributed by atoms with Crippen molar-refractivity contribution in [3.63, 3.8) is 0 Å². The second kappa shape index (κ2) is 5.65. The van der Waals surface area contributed by atoms with E-state index in [1.807, 2.05) is 0 Å². The Bertz CT molecular complexity index is 289. The molecule has 0 aromatic rings. The van der Waals surface area contributed by atoms with Crippen molar-refractivity contribution < 1.29 is 28.2 Å². The Morgan fingerprint density at radius 2 is 1.88 bits per heavy atom. The molecule has 1 aliphatic rings. The van der Waals surface area contributed by atoms with E-state index < -0.39 is 18.1 Å². The Morgan fingerprint density at radius 3 is 2.41 bits per heavy atom. The molecule has 0 saturated heterocycles. The van der Waals surface area contributed by atoms with Crippen LogP contribution in [0.1, 0.15) is 25.7 Å². The lowest BCUT2D eigenvalue weighted by Crippen LogP contribution is -2.48. The van der Waals surface area contributed by atoms with Crippen molar-refractivity contribution in [2.75, 3.05) is 6.61 Å². The van der Waals surface area contributed by atoms with E-state index in [1.54, 1.807) is 5.43 Å². The molecule has 1 aliphatic carbocycles. The van der Waals surface area contributed by atoms with Gasteiger partial charge in [0.1, 0.15) is 0 Å². The molecular formula is C9H13F2N2O4-. The van der Waals surface area contributed by atoms with Crippen LogP contribution in [0.15, 0.2) is 0 Å². The van der Waals surface area contributed by atoms with Gasteiger partial charge >= 0.3 is 6.09 Å². The number of alkyl halides is 2. The van der Waals surface area contributed by atoms with E-state index in [9.17, 15) is 23.5 Å². The summed E-state index contributed by atoms with van der Waals surface area (Å²) in [6, 6.07) is 0. The first kappa shape index (κ1) is 13.5. The Morgan fingerprint density at radius 1 is 1.29 bits per heavy atom. The van der Waals surface area contributed by atoms with E-state index in [0.29, 0.717) is 0 Å². The minimum Gasteiger partial charge on any atom is -0.529 e. The quantitative estimate of drug-likeness (QED) is 0.694. The van der Waals surface area contributed by atoms with Crippen LogP contribution in [0.5, 0.6) is 0 Å². The van der Waals surface area contributed by atoms with Gasteiger partial charge < -0.3 is 14.6 Å². The number of amides is 2. The Balaban J connectivity index is 2.15. The third kappa shape index (κ3) is 5.32. The zero-order valence-corrected chi connectivity index (χ0v) is 9.00. The summed E-state index contributed by atoms with van der Waals surface area (Å²) in [5.74, 6) is -2.72. The molecule has 2 N–H and O–H groups in total. The number of carboxylic acid groups (broad SMARTS) is 1. The summed E-state index contributed by atoms with van der Waals surface area (Å²) in [5.41, 5.74) is 3.22. The third-order valence-corrected chi connectivity index (χ3v) is 2.55. The largest absolute Gasteiger partial charge is 0.529 e. The van der Waals surface area contributed by atoms with E-state index in [0.717, 1.165) is 0 Å². The summed E-state index contributed by atoms with van der Waals surface area (Å²) in [7, 11) is 0. The van der Waals surface area contributed by atoms with E-state index in [1.165, 1.54) is 5.43 Å². The number of rotatable bonds is 2. The highest BCUT2D eigenvalue weighted by Crippen LogP contribution is 2.36. The molecule has 0 radical (unpaired) electrons. The number of hydrogen-bond acceptors (Lipinski definition) is 4. The van der Waals surface area contributed by atoms with Gasteiger partial charge in [0.2, 0.25) is 5.92 Å². The zero-order valence-electron chi connectivity index (χ0n) is 9.00. The number of nitrogens with one attached hydrogen (secondary N) is 2. The number of hydrogen-bond donors (Lipinski definition) is 2. The number of halogens is 2. The highest BCUT2D eigenvalue weighted by molar-refractivity contribution is 5.71. The molecular weight excluding hydrogens is 238 g/mol. The van der Waals surface area contributed by atoms with Gasteiger partial charge in [0.05, 0.1) is 6.61 Å². The van der Waals surface area contributed by atoms with Crippen molar-refractivity contribution in [3.05, 3.63) is 0 Å². The topological polar surface area (TPSA) is 90.5 Å². The number of carbonyl (C=O) groups excluding carboxylic acids is 2. The predicted molar refractivity (Wildman–Crippen MR) is 49.9 cm³/mol. The van der Waals surface area contributed by atoms with Gasteiger partial charge in [-0.15, -0.1) is 0 Å². The van der Waals surface area contributed by atoms with E-state index >= 15 is 0 Å². The molecule has 0 aromatic heterocycles. The molecule has 0 spiro atoms. The van der Waals surface area contributed by atoms with Crippen molar-refractivity contribution in [2.45, 2.75) is 31.6 Å². The second-order valence-corrected chi connectivity index (χ2v) is 3.94. The SMILES string of the molecule is O=C([O-])NNC(=O)OCC1CCC(F)(F)CC1. The summed E-state index contributed by atoms with van der Waals surface area (Å²) < 4.78 is 30.2. The van der Waals surface area contributed by atoms with Gasteiger partial charge in [0.25, 0.3) is 0 Å². The number of ether oxygens (including phenoxy) is 1. The van der Waals surface area contributed by atoms with Gasteiger partial charge in [0.15, 0.2) is 6.09 Å². The average Bonchev–Trinajstić information content (AvgIpc) is 2.25. The summed E-state index contributed by atoms with van der Waals surface area (Å²) in [6.45, 7) is -0.00333. The second-order valence-electron chi connectivity index (χ2n) is 3.94. The first-order valence-electron chi connectivity index (χ1n) is 5.16. The predicted octanol–water partition coefficient (Wildman–Crippen LogP) is 0.386. The van der Waals surface area contributed by atoms with Gasteiger partial charge in [-0.25, -0.2) is 19.0 Å². The lowest BCUT2D eigenvalue weighted by Gasteiger charge is -2.27. The maximum atomic E-state index is 12.8. The van der Waals surface area contributed by atoms with Gasteiger partial charge in [0, 0.05) is 12.8 Å². The molecule has 2 amide bonds. The Kier molecular flexibility index (Phi) is 4.47. The van der Waals surface area contributed by atoms with Gasteiger partial charge in [-0.05, 0) is 18.8 Å². The van der Waals surface area contributed by atoms with E-state index in [2.05, 4.69) is 4.74 Å². The van der Waals surface area contributed by atoms with E-state index in [4.69, 9.17) is 0 Å². The summed E-state index contributed by atoms with van der Waals surface area (Å²) in [5, 5.41) is 9.91. The minimum atomic E-state index is -2.62. The average molecular weight is 251 g/mol. The van der Waals surface area contributed by atoms with Crippen molar-refractivity contribution >= 4 is 12.2 Å². The number of carbonyl (C=O) groups is 2. The standard InChI is InChI=1S/C9H14F2N2O4/c10-9(11)3-1-6(2-4-9)5-17-8(16)13-12-7(14)15/h6,12H,1-5H2,(H,13,16)(H,14,15)/p-1. The zero-order chi connectivity index (χ0) is 12.9. The van der Waals surface area contributed by atoms with Crippen LogP contribution in [-0.2, 0) is 4.74 Å². The van der Waals surface area contributed by atoms with Gasteiger partial charge in [-0.2, -0.15) is 0 Å². The van der Waals surface area contributed by atoms with Crippen LogP contribution in [0.2, 0.25) is 0 Å². The molecule has 8 heteroatoms. The Hall–Kier alpha value is -1.60. The lowest BCUT2D eigenvalue weighted by atomic mass is 9.87. The van der Waals surface area contributed by atoms with E-state index in [-0.39, 0.29) is 38.2 Å². The lowest BCUT2D eigenvalue weighted by molar-refractivity contribution is -0.251. The van der Waals surface area contributed by atoms with Gasteiger partial charge in [-0.1, -0.05) is 0 Å². The summed E-state index contributed by atoms with van der Waals surface area (Å²) >= 11 is 0. The Labute approximate surface area is 96.3 Å². The highest BCUT2D eigenvalue weighted by atomic mass is 19.3. The van der Waals surface area contributed by atoms with Crippen molar-refractivity contribution in [1.82, 2.24) is 10.9 Å². The fraction of sp³-hybridized carbons (Fsp3) is 0.778. The molecule has 0 aromatic carbocycles. The van der Waals surface area contributed by atoms with Crippen LogP contribution >= 0.6 is 0 Å².